The number of aryl methyl sites for hydroxylation is 1. The largest absolute Gasteiger partial charge is 0.432 e. The number of fused-ring (bicyclic) bond motifs is 2. The second kappa shape index (κ2) is 4.46. The van der Waals surface area contributed by atoms with E-state index in [-0.39, 0.29) is 28.9 Å². The lowest BCUT2D eigenvalue weighted by atomic mass is 9.91. The Labute approximate surface area is 125 Å². The first-order chi connectivity index (χ1) is 10.7. The smallest absolute Gasteiger partial charge is 0.231 e. The Morgan fingerprint density at radius 3 is 2.41 bits per heavy atom. The summed E-state index contributed by atoms with van der Waals surface area (Å²) in [5.41, 5.74) is 2.36. The lowest BCUT2D eigenvalue weighted by Crippen LogP contribution is -2.19. The summed E-state index contributed by atoms with van der Waals surface area (Å²) < 4.78 is 5.59. The molecule has 0 spiro atoms. The number of carbonyl (C=O) groups is 2. The molecule has 0 unspecified atom stereocenters. The molecular weight excluding hydrogens is 280 g/mol. The van der Waals surface area contributed by atoms with E-state index in [9.17, 15) is 9.59 Å². The van der Waals surface area contributed by atoms with Crippen LogP contribution in [0.1, 0.15) is 37.7 Å². The van der Waals surface area contributed by atoms with E-state index < -0.39 is 0 Å². The van der Waals surface area contributed by atoms with Crippen LogP contribution in [0.3, 0.4) is 0 Å². The fourth-order valence-corrected chi connectivity index (χ4v) is 2.56. The summed E-state index contributed by atoms with van der Waals surface area (Å²) in [6, 6.07) is 8.51. The van der Waals surface area contributed by atoms with E-state index in [0.717, 1.165) is 5.56 Å². The summed E-state index contributed by atoms with van der Waals surface area (Å²) >= 11 is 0. The molecule has 0 N–H and O–H groups in total. The van der Waals surface area contributed by atoms with Gasteiger partial charge in [-0.1, -0.05) is 24.3 Å². The molecule has 0 bridgehead atoms. The van der Waals surface area contributed by atoms with E-state index in [2.05, 4.69) is 9.97 Å². The predicted molar refractivity (Wildman–Crippen MR) is 77.8 cm³/mol. The first-order valence-electron chi connectivity index (χ1n) is 6.77. The number of benzene rings is 1. The molecule has 1 aromatic carbocycles. The summed E-state index contributed by atoms with van der Waals surface area (Å²) in [7, 11) is 0. The van der Waals surface area contributed by atoms with Gasteiger partial charge in [-0.2, -0.15) is 0 Å². The van der Waals surface area contributed by atoms with Gasteiger partial charge in [-0.15, -0.1) is 0 Å². The van der Waals surface area contributed by atoms with Crippen molar-refractivity contribution in [3.63, 3.8) is 0 Å². The van der Waals surface area contributed by atoms with Gasteiger partial charge in [0.1, 0.15) is 0 Å². The fraction of sp³-hybridized carbons (Fsp3) is 0.0588. The van der Waals surface area contributed by atoms with Crippen molar-refractivity contribution in [1.82, 2.24) is 9.97 Å². The molecule has 0 atom stereocenters. The van der Waals surface area contributed by atoms with Gasteiger partial charge in [0.25, 0.3) is 0 Å². The third-order valence-corrected chi connectivity index (χ3v) is 3.73. The molecule has 0 radical (unpaired) electrons. The van der Waals surface area contributed by atoms with Crippen molar-refractivity contribution in [3.05, 3.63) is 70.9 Å². The minimum Gasteiger partial charge on any atom is -0.432 e. The van der Waals surface area contributed by atoms with Crippen molar-refractivity contribution in [2.24, 2.45) is 0 Å². The predicted octanol–water partition coefficient (Wildman–Crippen LogP) is 2.82. The Kier molecular flexibility index (Phi) is 2.56. The molecule has 1 aliphatic carbocycles. The molecule has 22 heavy (non-hydrogen) atoms. The number of rotatable bonds is 1. The third kappa shape index (κ3) is 1.65. The van der Waals surface area contributed by atoms with Crippen LogP contribution < -0.4 is 0 Å². The van der Waals surface area contributed by atoms with Crippen molar-refractivity contribution in [2.45, 2.75) is 6.92 Å². The lowest BCUT2D eigenvalue weighted by molar-refractivity contribution is 0.0959. The minimum absolute atomic E-state index is 0.00181. The van der Waals surface area contributed by atoms with Crippen LogP contribution in [0.2, 0.25) is 0 Å². The molecule has 2 aromatic heterocycles. The Balaban J connectivity index is 1.93. The summed E-state index contributed by atoms with van der Waals surface area (Å²) in [5.74, 6) is -0.362. The zero-order valence-corrected chi connectivity index (χ0v) is 11.7. The quantitative estimate of drug-likeness (QED) is 0.539. The molecule has 3 aromatic rings. The number of aromatic nitrogens is 2. The molecule has 1 aliphatic rings. The molecule has 106 valence electrons. The molecule has 0 aliphatic heterocycles. The number of hydrogen-bond acceptors (Lipinski definition) is 5. The van der Waals surface area contributed by atoms with Gasteiger partial charge in [0.05, 0.1) is 5.56 Å². The number of ketones is 2. The summed E-state index contributed by atoms with van der Waals surface area (Å²) in [4.78, 5) is 33.2. The molecule has 0 saturated heterocycles. The van der Waals surface area contributed by atoms with E-state index in [1.165, 1.54) is 0 Å². The molecule has 5 nitrogen and oxygen atoms in total. The van der Waals surface area contributed by atoms with E-state index in [0.29, 0.717) is 16.7 Å². The highest BCUT2D eigenvalue weighted by molar-refractivity contribution is 6.26. The maximum atomic E-state index is 12.5. The SMILES string of the molecule is Cc1ccncc1-c1nc2c(o1)C(=O)c1ccccc1C2=O. The summed E-state index contributed by atoms with van der Waals surface area (Å²) in [6.07, 6.45) is 3.27. The van der Waals surface area contributed by atoms with E-state index in [4.69, 9.17) is 4.42 Å². The maximum Gasteiger partial charge on any atom is 0.231 e. The highest BCUT2D eigenvalue weighted by Crippen LogP contribution is 2.31. The van der Waals surface area contributed by atoms with Gasteiger partial charge in [0.2, 0.25) is 23.2 Å². The zero-order valence-electron chi connectivity index (χ0n) is 11.7. The highest BCUT2D eigenvalue weighted by Gasteiger charge is 2.35. The normalized spacial score (nSPS) is 13.0. The van der Waals surface area contributed by atoms with E-state index >= 15 is 0 Å². The number of hydrogen-bond donors (Lipinski definition) is 0. The van der Waals surface area contributed by atoms with Gasteiger partial charge >= 0.3 is 0 Å². The van der Waals surface area contributed by atoms with E-state index in [1.807, 2.05) is 13.0 Å². The first-order valence-corrected chi connectivity index (χ1v) is 6.77. The van der Waals surface area contributed by atoms with Crippen LogP contribution in [0, 0.1) is 6.92 Å². The van der Waals surface area contributed by atoms with Crippen molar-refractivity contribution in [3.8, 4) is 11.5 Å². The van der Waals surface area contributed by atoms with Gasteiger partial charge in [0.15, 0.2) is 5.69 Å². The van der Waals surface area contributed by atoms with Crippen LogP contribution in [0.15, 0.2) is 47.1 Å². The highest BCUT2D eigenvalue weighted by atomic mass is 16.4. The fourth-order valence-electron chi connectivity index (χ4n) is 2.56. The second-order valence-electron chi connectivity index (χ2n) is 5.09. The summed E-state index contributed by atoms with van der Waals surface area (Å²) in [6.45, 7) is 1.89. The van der Waals surface area contributed by atoms with Gasteiger partial charge in [0, 0.05) is 23.5 Å². The first kappa shape index (κ1) is 12.6. The Bertz CT molecular complexity index is 888. The molecule has 0 fully saturated rings. The zero-order chi connectivity index (χ0) is 15.3. The van der Waals surface area contributed by atoms with Crippen LogP contribution >= 0.6 is 0 Å². The number of nitrogens with zero attached hydrogens (tertiary/aromatic N) is 2. The van der Waals surface area contributed by atoms with Crippen LogP contribution in [-0.4, -0.2) is 21.5 Å². The van der Waals surface area contributed by atoms with E-state index in [1.54, 1.807) is 36.7 Å². The molecule has 0 saturated carbocycles. The Morgan fingerprint density at radius 2 is 1.68 bits per heavy atom. The second-order valence-corrected chi connectivity index (χ2v) is 5.09. The van der Waals surface area contributed by atoms with Crippen LogP contribution in [0.25, 0.3) is 11.5 Å². The van der Waals surface area contributed by atoms with Crippen molar-refractivity contribution < 1.29 is 14.0 Å². The number of oxazole rings is 1. The topological polar surface area (TPSA) is 73.1 Å². The Morgan fingerprint density at radius 1 is 0.955 bits per heavy atom. The monoisotopic (exact) mass is 290 g/mol. The van der Waals surface area contributed by atoms with Gasteiger partial charge in [-0.05, 0) is 18.6 Å². The number of carbonyl (C=O) groups excluding carboxylic acids is 2. The van der Waals surface area contributed by atoms with Gasteiger partial charge in [-0.25, -0.2) is 4.98 Å². The minimum atomic E-state index is -0.314. The molecule has 4 rings (SSSR count). The average molecular weight is 290 g/mol. The molecular formula is C17H10N2O3. The summed E-state index contributed by atoms with van der Waals surface area (Å²) in [5, 5.41) is 0. The van der Waals surface area contributed by atoms with Crippen LogP contribution in [-0.2, 0) is 0 Å². The third-order valence-electron chi connectivity index (χ3n) is 3.73. The Hall–Kier alpha value is -3.08. The maximum absolute atomic E-state index is 12.5. The van der Waals surface area contributed by atoms with Gasteiger partial charge in [-0.3, -0.25) is 14.6 Å². The van der Waals surface area contributed by atoms with Crippen molar-refractivity contribution >= 4 is 11.6 Å². The average Bonchev–Trinajstić information content (AvgIpc) is 2.98. The van der Waals surface area contributed by atoms with Crippen molar-refractivity contribution in [1.29, 1.82) is 0 Å². The van der Waals surface area contributed by atoms with Crippen LogP contribution in [0.4, 0.5) is 0 Å². The molecule has 2 heterocycles. The molecule has 0 amide bonds. The van der Waals surface area contributed by atoms with Gasteiger partial charge < -0.3 is 4.42 Å². The number of pyridine rings is 1. The lowest BCUT2D eigenvalue weighted by Gasteiger charge is -2.10. The molecule has 5 heteroatoms. The standard InChI is InChI=1S/C17H10N2O3/c1-9-6-7-18-8-12(9)17-19-13-14(20)10-4-2-3-5-11(10)15(21)16(13)22-17/h2-8H,1H3. The van der Waals surface area contributed by atoms with Crippen molar-refractivity contribution in [2.75, 3.05) is 0 Å². The van der Waals surface area contributed by atoms with Crippen LogP contribution in [0.5, 0.6) is 0 Å².